The minimum atomic E-state index is 0.756. The van der Waals surface area contributed by atoms with E-state index >= 15 is 0 Å². The van der Waals surface area contributed by atoms with Crippen molar-refractivity contribution in [3.63, 3.8) is 0 Å². The summed E-state index contributed by atoms with van der Waals surface area (Å²) in [6.07, 6.45) is 1.68. The van der Waals surface area contributed by atoms with Gasteiger partial charge in [-0.2, -0.15) is 5.10 Å². The van der Waals surface area contributed by atoms with E-state index < -0.39 is 0 Å². The van der Waals surface area contributed by atoms with Crippen LogP contribution in [0.15, 0.2) is 30.6 Å². The number of hydrogen-bond acceptors (Lipinski definition) is 4. The molecule has 5 nitrogen and oxygen atoms in total. The standard InChI is InChI=1S/C9H11N5/c1-7-11-6-14(13-7)9-4-2-8(12-10)3-5-9/h2-6,12H,10H2,1H3. The van der Waals surface area contributed by atoms with Crippen molar-refractivity contribution in [1.29, 1.82) is 0 Å². The molecule has 3 N–H and O–H groups in total. The average Bonchev–Trinajstić information content (AvgIpc) is 2.65. The highest BCUT2D eigenvalue weighted by molar-refractivity contribution is 5.47. The Labute approximate surface area is 81.5 Å². The third-order valence-electron chi connectivity index (χ3n) is 1.90. The highest BCUT2D eigenvalue weighted by Crippen LogP contribution is 2.10. The maximum atomic E-state index is 5.26. The summed E-state index contributed by atoms with van der Waals surface area (Å²) >= 11 is 0. The molecule has 0 spiro atoms. The molecule has 0 aliphatic heterocycles. The molecule has 1 aromatic carbocycles. The van der Waals surface area contributed by atoms with Gasteiger partial charge in [-0.15, -0.1) is 0 Å². The number of aryl methyl sites for hydroxylation is 1. The summed E-state index contributed by atoms with van der Waals surface area (Å²) < 4.78 is 1.72. The highest BCUT2D eigenvalue weighted by Gasteiger charge is 1.98. The number of nitrogens with one attached hydrogen (secondary N) is 1. The lowest BCUT2D eigenvalue weighted by Gasteiger charge is -2.02. The SMILES string of the molecule is Cc1ncn(-c2ccc(NN)cc2)n1. The predicted octanol–water partition coefficient (Wildman–Crippen LogP) is 0.861. The zero-order chi connectivity index (χ0) is 9.97. The Morgan fingerprint density at radius 1 is 1.29 bits per heavy atom. The van der Waals surface area contributed by atoms with Gasteiger partial charge >= 0.3 is 0 Å². The summed E-state index contributed by atoms with van der Waals surface area (Å²) in [7, 11) is 0. The van der Waals surface area contributed by atoms with Gasteiger partial charge in [0.25, 0.3) is 0 Å². The Kier molecular flexibility index (Phi) is 2.16. The van der Waals surface area contributed by atoms with Crippen LogP contribution in [0.25, 0.3) is 5.69 Å². The van der Waals surface area contributed by atoms with Crippen LogP contribution in [0.2, 0.25) is 0 Å². The molecule has 72 valence electrons. The van der Waals surface area contributed by atoms with Gasteiger partial charge in [0, 0.05) is 5.69 Å². The zero-order valence-corrected chi connectivity index (χ0v) is 7.81. The van der Waals surface area contributed by atoms with Crippen LogP contribution in [0, 0.1) is 6.92 Å². The Hall–Kier alpha value is -1.88. The molecule has 14 heavy (non-hydrogen) atoms. The molecular weight excluding hydrogens is 178 g/mol. The summed E-state index contributed by atoms with van der Waals surface area (Å²) in [4.78, 5) is 4.05. The van der Waals surface area contributed by atoms with Crippen molar-refractivity contribution in [2.24, 2.45) is 5.84 Å². The van der Waals surface area contributed by atoms with Crippen LogP contribution in [0.5, 0.6) is 0 Å². The summed E-state index contributed by atoms with van der Waals surface area (Å²) in [6, 6.07) is 7.60. The van der Waals surface area contributed by atoms with Crippen molar-refractivity contribution < 1.29 is 0 Å². The van der Waals surface area contributed by atoms with Crippen molar-refractivity contribution in [3.05, 3.63) is 36.4 Å². The number of nitrogens with two attached hydrogens (primary N) is 1. The molecule has 2 aromatic rings. The van der Waals surface area contributed by atoms with E-state index in [9.17, 15) is 0 Å². The van der Waals surface area contributed by atoms with E-state index in [0.717, 1.165) is 17.2 Å². The fourth-order valence-corrected chi connectivity index (χ4v) is 1.18. The first kappa shape index (κ1) is 8.71. The van der Waals surface area contributed by atoms with E-state index in [-0.39, 0.29) is 0 Å². The lowest BCUT2D eigenvalue weighted by Crippen LogP contribution is -2.06. The number of aromatic nitrogens is 3. The van der Waals surface area contributed by atoms with Gasteiger partial charge in [0.2, 0.25) is 0 Å². The number of rotatable bonds is 2. The highest BCUT2D eigenvalue weighted by atomic mass is 15.3. The molecule has 5 heteroatoms. The summed E-state index contributed by atoms with van der Waals surface area (Å²) in [6.45, 7) is 1.85. The number of hydrogen-bond donors (Lipinski definition) is 2. The smallest absolute Gasteiger partial charge is 0.147 e. The van der Waals surface area contributed by atoms with Crippen molar-refractivity contribution in [2.45, 2.75) is 6.92 Å². The third-order valence-corrected chi connectivity index (χ3v) is 1.90. The lowest BCUT2D eigenvalue weighted by atomic mass is 10.3. The van der Waals surface area contributed by atoms with Crippen molar-refractivity contribution in [1.82, 2.24) is 14.8 Å². The second-order valence-corrected chi connectivity index (χ2v) is 2.93. The van der Waals surface area contributed by atoms with Gasteiger partial charge in [-0.1, -0.05) is 0 Å². The van der Waals surface area contributed by atoms with E-state index in [1.807, 2.05) is 31.2 Å². The number of benzene rings is 1. The normalized spacial score (nSPS) is 10.1. The molecule has 0 unspecified atom stereocenters. The molecule has 2 rings (SSSR count). The van der Waals surface area contributed by atoms with E-state index in [1.165, 1.54) is 0 Å². The summed E-state index contributed by atoms with van der Waals surface area (Å²) in [5.74, 6) is 6.01. The van der Waals surface area contributed by atoms with Gasteiger partial charge in [0.15, 0.2) is 0 Å². The topological polar surface area (TPSA) is 68.8 Å². The molecule has 0 aliphatic rings. The Morgan fingerprint density at radius 2 is 2.00 bits per heavy atom. The van der Waals surface area contributed by atoms with E-state index in [4.69, 9.17) is 5.84 Å². The van der Waals surface area contributed by atoms with Crippen LogP contribution in [-0.4, -0.2) is 14.8 Å². The van der Waals surface area contributed by atoms with Gasteiger partial charge in [-0.3, -0.25) is 5.84 Å². The van der Waals surface area contributed by atoms with Gasteiger partial charge < -0.3 is 5.43 Å². The molecule has 1 aromatic heterocycles. The van der Waals surface area contributed by atoms with E-state index in [1.54, 1.807) is 11.0 Å². The lowest BCUT2D eigenvalue weighted by molar-refractivity contribution is 0.863. The maximum absolute atomic E-state index is 5.26. The number of nitrogens with zero attached hydrogens (tertiary/aromatic N) is 3. The van der Waals surface area contributed by atoms with Crippen molar-refractivity contribution in [2.75, 3.05) is 5.43 Å². The molecule has 1 heterocycles. The van der Waals surface area contributed by atoms with Crippen LogP contribution in [0.3, 0.4) is 0 Å². The van der Waals surface area contributed by atoms with Crippen LogP contribution < -0.4 is 11.3 Å². The zero-order valence-electron chi connectivity index (χ0n) is 7.81. The minimum absolute atomic E-state index is 0.756. The van der Waals surface area contributed by atoms with Crippen LogP contribution in [-0.2, 0) is 0 Å². The number of hydrazine groups is 1. The fourth-order valence-electron chi connectivity index (χ4n) is 1.18. The second kappa shape index (κ2) is 3.47. The maximum Gasteiger partial charge on any atom is 0.147 e. The van der Waals surface area contributed by atoms with Gasteiger partial charge in [0.05, 0.1) is 5.69 Å². The molecule has 0 fully saturated rings. The van der Waals surface area contributed by atoms with Crippen LogP contribution >= 0.6 is 0 Å². The van der Waals surface area contributed by atoms with Crippen molar-refractivity contribution in [3.8, 4) is 5.69 Å². The first-order valence-electron chi connectivity index (χ1n) is 4.25. The third kappa shape index (κ3) is 1.57. The molecule has 0 bridgehead atoms. The Morgan fingerprint density at radius 3 is 2.50 bits per heavy atom. The predicted molar refractivity (Wildman–Crippen MR) is 53.9 cm³/mol. The van der Waals surface area contributed by atoms with E-state index in [0.29, 0.717) is 0 Å². The summed E-state index contributed by atoms with van der Waals surface area (Å²) in [5, 5.41) is 4.19. The number of nitrogen functional groups attached to an aromatic ring is 1. The van der Waals surface area contributed by atoms with Crippen LogP contribution in [0.4, 0.5) is 5.69 Å². The van der Waals surface area contributed by atoms with Gasteiger partial charge in [-0.05, 0) is 31.2 Å². The molecule has 0 atom stereocenters. The summed E-state index contributed by atoms with van der Waals surface area (Å²) in [5.41, 5.74) is 4.39. The molecule has 0 aliphatic carbocycles. The van der Waals surface area contributed by atoms with Crippen LogP contribution in [0.1, 0.15) is 5.82 Å². The van der Waals surface area contributed by atoms with Gasteiger partial charge in [0.1, 0.15) is 12.2 Å². The monoisotopic (exact) mass is 189 g/mol. The van der Waals surface area contributed by atoms with Gasteiger partial charge in [-0.25, -0.2) is 9.67 Å². The molecule has 0 saturated heterocycles. The first-order valence-corrected chi connectivity index (χ1v) is 4.25. The Bertz CT molecular complexity index is 417. The number of anilines is 1. The molecule has 0 amide bonds. The minimum Gasteiger partial charge on any atom is -0.324 e. The molecule has 0 radical (unpaired) electrons. The molecule has 0 saturated carbocycles. The molecular formula is C9H11N5. The second-order valence-electron chi connectivity index (χ2n) is 2.93. The quantitative estimate of drug-likeness (QED) is 0.543. The van der Waals surface area contributed by atoms with Crippen molar-refractivity contribution >= 4 is 5.69 Å². The average molecular weight is 189 g/mol. The first-order chi connectivity index (χ1) is 6.79. The largest absolute Gasteiger partial charge is 0.324 e. The fraction of sp³-hybridized carbons (Fsp3) is 0.111. The van der Waals surface area contributed by atoms with E-state index in [2.05, 4.69) is 15.5 Å². The Balaban J connectivity index is 2.33.